The Balaban J connectivity index is 2.14. The van der Waals surface area contributed by atoms with Gasteiger partial charge in [-0.2, -0.15) is 0 Å². The second-order valence-electron chi connectivity index (χ2n) is 4.98. The van der Waals surface area contributed by atoms with Crippen LogP contribution in [0.25, 0.3) is 0 Å². The number of carbonyl (C=O) groups is 1. The SMILES string of the molecule is CC(C)N(CC(N)=S)C(=O)C1Cc2ccccc21. The number of rotatable bonds is 4. The van der Waals surface area contributed by atoms with Crippen LogP contribution in [0.4, 0.5) is 0 Å². The van der Waals surface area contributed by atoms with E-state index in [1.54, 1.807) is 4.90 Å². The molecule has 4 heteroatoms. The lowest BCUT2D eigenvalue weighted by atomic mass is 9.76. The van der Waals surface area contributed by atoms with Crippen LogP contribution < -0.4 is 5.73 Å². The van der Waals surface area contributed by atoms with E-state index in [1.807, 2.05) is 32.0 Å². The molecule has 0 saturated carbocycles. The van der Waals surface area contributed by atoms with Gasteiger partial charge in [0.25, 0.3) is 0 Å². The van der Waals surface area contributed by atoms with Crippen molar-refractivity contribution >= 4 is 23.1 Å². The highest BCUT2D eigenvalue weighted by Crippen LogP contribution is 2.36. The minimum absolute atomic E-state index is 0.0158. The van der Waals surface area contributed by atoms with E-state index in [-0.39, 0.29) is 17.9 Å². The largest absolute Gasteiger partial charge is 0.392 e. The molecule has 0 fully saturated rings. The molecule has 0 aromatic heterocycles. The highest BCUT2D eigenvalue weighted by Gasteiger charge is 2.35. The van der Waals surface area contributed by atoms with Gasteiger partial charge < -0.3 is 10.6 Å². The van der Waals surface area contributed by atoms with E-state index in [2.05, 4.69) is 6.07 Å². The first-order valence-corrected chi connectivity index (χ1v) is 6.58. The van der Waals surface area contributed by atoms with Gasteiger partial charge in [0.05, 0.1) is 17.5 Å². The highest BCUT2D eigenvalue weighted by atomic mass is 32.1. The molecule has 0 saturated heterocycles. The Kier molecular flexibility index (Phi) is 3.66. The first kappa shape index (κ1) is 13.0. The molecule has 0 heterocycles. The van der Waals surface area contributed by atoms with Gasteiger partial charge in [-0.15, -0.1) is 0 Å². The molecule has 1 aliphatic carbocycles. The quantitative estimate of drug-likeness (QED) is 0.842. The zero-order valence-corrected chi connectivity index (χ0v) is 11.5. The molecule has 1 atom stereocenters. The molecule has 0 spiro atoms. The van der Waals surface area contributed by atoms with E-state index in [0.29, 0.717) is 11.5 Å². The number of hydrogen-bond acceptors (Lipinski definition) is 2. The van der Waals surface area contributed by atoms with Gasteiger partial charge in [-0.3, -0.25) is 4.79 Å². The van der Waals surface area contributed by atoms with Crippen LogP contribution in [-0.4, -0.2) is 28.4 Å². The topological polar surface area (TPSA) is 46.3 Å². The van der Waals surface area contributed by atoms with Crippen molar-refractivity contribution in [3.8, 4) is 0 Å². The Morgan fingerprint density at radius 2 is 2.17 bits per heavy atom. The van der Waals surface area contributed by atoms with Crippen LogP contribution in [0.15, 0.2) is 24.3 Å². The molecule has 1 amide bonds. The van der Waals surface area contributed by atoms with Gasteiger partial charge in [0.2, 0.25) is 5.91 Å². The lowest BCUT2D eigenvalue weighted by molar-refractivity contribution is -0.134. The van der Waals surface area contributed by atoms with Gasteiger partial charge in [0.1, 0.15) is 0 Å². The first-order chi connectivity index (χ1) is 8.50. The minimum Gasteiger partial charge on any atom is -0.392 e. The lowest BCUT2D eigenvalue weighted by Gasteiger charge is -2.35. The van der Waals surface area contributed by atoms with Crippen LogP contribution in [-0.2, 0) is 11.2 Å². The second kappa shape index (κ2) is 5.06. The van der Waals surface area contributed by atoms with Crippen LogP contribution in [0.1, 0.15) is 30.9 Å². The third-order valence-electron chi connectivity index (χ3n) is 3.39. The van der Waals surface area contributed by atoms with Gasteiger partial charge in [-0.05, 0) is 31.4 Å². The number of hydrogen-bond donors (Lipinski definition) is 1. The summed E-state index contributed by atoms with van der Waals surface area (Å²) in [4.78, 5) is 14.6. The Morgan fingerprint density at radius 3 is 2.72 bits per heavy atom. The average Bonchev–Trinajstić information content (AvgIpc) is 2.26. The van der Waals surface area contributed by atoms with Gasteiger partial charge in [-0.25, -0.2) is 0 Å². The molecular weight excluding hydrogens is 244 g/mol. The summed E-state index contributed by atoms with van der Waals surface area (Å²) in [5.41, 5.74) is 7.98. The molecule has 1 aromatic rings. The molecule has 18 heavy (non-hydrogen) atoms. The summed E-state index contributed by atoms with van der Waals surface area (Å²) in [5.74, 6) is 0.120. The van der Waals surface area contributed by atoms with Crippen LogP contribution in [0.3, 0.4) is 0 Å². The summed E-state index contributed by atoms with van der Waals surface area (Å²) in [6.45, 7) is 4.34. The number of fused-ring (bicyclic) bond motifs is 1. The van der Waals surface area contributed by atoms with Crippen LogP contribution in [0.2, 0.25) is 0 Å². The number of carbonyl (C=O) groups excluding carboxylic acids is 1. The van der Waals surface area contributed by atoms with Crippen molar-refractivity contribution in [1.29, 1.82) is 0 Å². The number of nitrogens with zero attached hydrogens (tertiary/aromatic N) is 1. The molecule has 1 unspecified atom stereocenters. The van der Waals surface area contributed by atoms with Crippen LogP contribution >= 0.6 is 12.2 Å². The summed E-state index contributed by atoms with van der Waals surface area (Å²) >= 11 is 4.91. The third kappa shape index (κ3) is 2.38. The molecule has 1 aromatic carbocycles. The Labute approximate surface area is 113 Å². The summed E-state index contributed by atoms with van der Waals surface area (Å²) in [6, 6.07) is 8.21. The van der Waals surface area contributed by atoms with E-state index < -0.39 is 0 Å². The van der Waals surface area contributed by atoms with Crippen molar-refractivity contribution in [1.82, 2.24) is 4.90 Å². The molecule has 1 aliphatic rings. The normalized spacial score (nSPS) is 16.9. The molecule has 0 aliphatic heterocycles. The summed E-state index contributed by atoms with van der Waals surface area (Å²) in [5, 5.41) is 0. The summed E-state index contributed by atoms with van der Waals surface area (Å²) < 4.78 is 0. The maximum Gasteiger partial charge on any atom is 0.231 e. The molecular formula is C14H18N2OS. The fourth-order valence-electron chi connectivity index (χ4n) is 2.36. The van der Waals surface area contributed by atoms with E-state index in [0.717, 1.165) is 12.0 Å². The minimum atomic E-state index is -0.0158. The van der Waals surface area contributed by atoms with Crippen LogP contribution in [0.5, 0.6) is 0 Å². The van der Waals surface area contributed by atoms with Gasteiger partial charge >= 0.3 is 0 Å². The fourth-order valence-corrected chi connectivity index (χ4v) is 2.50. The molecule has 96 valence electrons. The maximum absolute atomic E-state index is 12.5. The van der Waals surface area contributed by atoms with E-state index >= 15 is 0 Å². The van der Waals surface area contributed by atoms with Crippen molar-refractivity contribution in [2.24, 2.45) is 5.73 Å². The third-order valence-corrected chi connectivity index (χ3v) is 3.51. The van der Waals surface area contributed by atoms with Gasteiger partial charge in [0.15, 0.2) is 0 Å². The number of nitrogens with two attached hydrogens (primary N) is 1. The van der Waals surface area contributed by atoms with Crippen molar-refractivity contribution in [3.05, 3.63) is 35.4 Å². The zero-order chi connectivity index (χ0) is 13.3. The van der Waals surface area contributed by atoms with Crippen molar-refractivity contribution in [2.75, 3.05) is 6.54 Å². The summed E-state index contributed by atoms with van der Waals surface area (Å²) in [7, 11) is 0. The zero-order valence-electron chi connectivity index (χ0n) is 10.7. The molecule has 3 nitrogen and oxygen atoms in total. The maximum atomic E-state index is 12.5. The first-order valence-electron chi connectivity index (χ1n) is 6.17. The van der Waals surface area contributed by atoms with E-state index in [9.17, 15) is 4.79 Å². The number of thiocarbonyl (C=S) groups is 1. The van der Waals surface area contributed by atoms with E-state index in [4.69, 9.17) is 18.0 Å². The number of amides is 1. The van der Waals surface area contributed by atoms with Crippen molar-refractivity contribution in [2.45, 2.75) is 32.2 Å². The van der Waals surface area contributed by atoms with Crippen molar-refractivity contribution in [3.63, 3.8) is 0 Å². The van der Waals surface area contributed by atoms with Gasteiger partial charge in [0, 0.05) is 6.04 Å². The van der Waals surface area contributed by atoms with Crippen LogP contribution in [0, 0.1) is 0 Å². The highest BCUT2D eigenvalue weighted by molar-refractivity contribution is 7.80. The predicted octanol–water partition coefficient (Wildman–Crippen LogP) is 1.85. The smallest absolute Gasteiger partial charge is 0.231 e. The summed E-state index contributed by atoms with van der Waals surface area (Å²) in [6.07, 6.45) is 0.829. The molecule has 2 rings (SSSR count). The lowest BCUT2D eigenvalue weighted by Crippen LogP contribution is -2.46. The molecule has 2 N–H and O–H groups in total. The predicted molar refractivity (Wildman–Crippen MR) is 76.5 cm³/mol. The molecule has 0 radical (unpaired) electrons. The van der Waals surface area contributed by atoms with Gasteiger partial charge in [-0.1, -0.05) is 36.5 Å². The Hall–Kier alpha value is -1.42. The monoisotopic (exact) mass is 262 g/mol. The second-order valence-corrected chi connectivity index (χ2v) is 5.51. The fraction of sp³-hybridized carbons (Fsp3) is 0.429. The molecule has 0 bridgehead atoms. The van der Waals surface area contributed by atoms with Crippen molar-refractivity contribution < 1.29 is 4.79 Å². The Morgan fingerprint density at radius 1 is 1.50 bits per heavy atom. The average molecular weight is 262 g/mol. The van der Waals surface area contributed by atoms with E-state index in [1.165, 1.54) is 5.56 Å². The standard InChI is InChI=1S/C14H18N2OS/c1-9(2)16(8-13(15)18)14(17)12-7-10-5-3-4-6-11(10)12/h3-6,9,12H,7-8H2,1-2H3,(H2,15,18). The number of benzene rings is 1. The Bertz CT molecular complexity index is 484.